The zero-order valence-corrected chi connectivity index (χ0v) is 15.1. The Morgan fingerprint density at radius 1 is 1.24 bits per heavy atom. The van der Waals surface area contributed by atoms with Crippen LogP contribution in [-0.4, -0.2) is 16.0 Å². The van der Waals surface area contributed by atoms with Gasteiger partial charge in [0.15, 0.2) is 5.82 Å². The van der Waals surface area contributed by atoms with Gasteiger partial charge in [0.25, 0.3) is 0 Å². The van der Waals surface area contributed by atoms with E-state index in [0.29, 0.717) is 17.6 Å². The Balaban J connectivity index is 1.70. The molecule has 1 aliphatic rings. The Kier molecular flexibility index (Phi) is 5.02. The molecule has 1 N–H and O–H groups in total. The number of aryl methyl sites for hydroxylation is 1. The van der Waals surface area contributed by atoms with E-state index >= 15 is 0 Å². The summed E-state index contributed by atoms with van der Waals surface area (Å²) in [7, 11) is 0. The van der Waals surface area contributed by atoms with Crippen molar-refractivity contribution >= 4 is 12.0 Å². The molecule has 1 aromatic carbocycles. The van der Waals surface area contributed by atoms with E-state index in [2.05, 4.69) is 41.4 Å². The van der Waals surface area contributed by atoms with Crippen molar-refractivity contribution in [3.05, 3.63) is 53.2 Å². The molecule has 0 radical (unpaired) electrons. The number of hydrogen-bond donors (Lipinski definition) is 1. The van der Waals surface area contributed by atoms with E-state index in [-0.39, 0.29) is 5.91 Å². The van der Waals surface area contributed by atoms with Crippen molar-refractivity contribution in [2.75, 3.05) is 0 Å². The highest BCUT2D eigenvalue weighted by Crippen LogP contribution is 2.37. The lowest BCUT2D eigenvalue weighted by Crippen LogP contribution is -2.44. The summed E-state index contributed by atoms with van der Waals surface area (Å²) in [6.45, 7) is 6.10. The second-order valence-corrected chi connectivity index (χ2v) is 7.07. The number of aromatic nitrogens is 2. The molecule has 132 valence electrons. The van der Waals surface area contributed by atoms with Gasteiger partial charge in [0, 0.05) is 13.0 Å². The Bertz CT molecular complexity index is 754. The molecule has 0 atom stereocenters. The van der Waals surface area contributed by atoms with Crippen LogP contribution in [0.3, 0.4) is 0 Å². The van der Waals surface area contributed by atoms with Crippen LogP contribution in [0, 0.1) is 6.92 Å². The van der Waals surface area contributed by atoms with Crippen molar-refractivity contribution in [1.82, 2.24) is 15.5 Å². The monoisotopic (exact) mass is 339 g/mol. The third kappa shape index (κ3) is 3.98. The number of amides is 1. The molecule has 1 amide bonds. The molecule has 1 aliphatic carbocycles. The minimum atomic E-state index is -0.499. The quantitative estimate of drug-likeness (QED) is 0.833. The predicted octanol–water partition coefficient (Wildman–Crippen LogP) is 4.10. The van der Waals surface area contributed by atoms with E-state index in [9.17, 15) is 4.79 Å². The van der Waals surface area contributed by atoms with Crippen LogP contribution in [0.15, 0.2) is 34.9 Å². The van der Waals surface area contributed by atoms with Crippen LogP contribution in [0.4, 0.5) is 0 Å². The average molecular weight is 339 g/mol. The number of benzene rings is 1. The Morgan fingerprint density at radius 3 is 2.48 bits per heavy atom. The van der Waals surface area contributed by atoms with E-state index in [1.165, 1.54) is 5.56 Å². The fraction of sp³-hybridized carbons (Fsp3) is 0.450. The van der Waals surface area contributed by atoms with Crippen LogP contribution in [0.5, 0.6) is 0 Å². The van der Waals surface area contributed by atoms with Crippen molar-refractivity contribution in [3.63, 3.8) is 0 Å². The summed E-state index contributed by atoms with van der Waals surface area (Å²) in [5.74, 6) is 1.49. The fourth-order valence-electron chi connectivity index (χ4n) is 3.32. The topological polar surface area (TPSA) is 68.0 Å². The minimum absolute atomic E-state index is 0.128. The van der Waals surface area contributed by atoms with Crippen molar-refractivity contribution in [2.45, 2.75) is 57.9 Å². The molecule has 0 saturated heterocycles. The van der Waals surface area contributed by atoms with Crippen molar-refractivity contribution < 1.29 is 9.32 Å². The molecular formula is C20H25N3O2. The Labute approximate surface area is 148 Å². The highest BCUT2D eigenvalue weighted by Gasteiger charge is 2.40. The van der Waals surface area contributed by atoms with Crippen LogP contribution < -0.4 is 5.32 Å². The molecule has 2 aromatic rings. The lowest BCUT2D eigenvalue weighted by Gasteiger charge is -2.25. The number of nitrogens with one attached hydrogen (secondary N) is 1. The number of nitrogens with zero attached hydrogens (tertiary/aromatic N) is 2. The molecule has 5 heteroatoms. The van der Waals surface area contributed by atoms with Gasteiger partial charge in [-0.3, -0.25) is 4.79 Å². The van der Waals surface area contributed by atoms with Gasteiger partial charge < -0.3 is 9.84 Å². The van der Waals surface area contributed by atoms with Gasteiger partial charge in [0.1, 0.15) is 5.54 Å². The highest BCUT2D eigenvalue weighted by molar-refractivity contribution is 5.92. The van der Waals surface area contributed by atoms with Crippen molar-refractivity contribution in [1.29, 1.82) is 0 Å². The maximum Gasteiger partial charge on any atom is 0.244 e. The van der Waals surface area contributed by atoms with Gasteiger partial charge in [0.05, 0.1) is 0 Å². The van der Waals surface area contributed by atoms with Crippen LogP contribution in [0.1, 0.15) is 68.3 Å². The molecule has 1 heterocycles. The molecule has 5 nitrogen and oxygen atoms in total. The molecule has 0 spiro atoms. The van der Waals surface area contributed by atoms with Gasteiger partial charge in [0.2, 0.25) is 11.8 Å². The molecule has 0 unspecified atom stereocenters. The molecule has 1 saturated carbocycles. The molecule has 1 aromatic heterocycles. The first-order valence-electron chi connectivity index (χ1n) is 8.89. The van der Waals surface area contributed by atoms with Crippen LogP contribution in [0.2, 0.25) is 0 Å². The number of carbonyl (C=O) groups is 1. The minimum Gasteiger partial charge on any atom is -0.340 e. The average Bonchev–Trinajstić information content (AvgIpc) is 3.23. The third-order valence-corrected chi connectivity index (χ3v) is 4.81. The lowest BCUT2D eigenvalue weighted by atomic mass is 9.96. The first kappa shape index (κ1) is 17.4. The van der Waals surface area contributed by atoms with Gasteiger partial charge in [-0.15, -0.1) is 0 Å². The SMILES string of the molecule is Cc1nc(C2(NC(=O)/C=C/c3ccc(C(C)C)cc3)CCCC2)no1. The second-order valence-electron chi connectivity index (χ2n) is 7.07. The summed E-state index contributed by atoms with van der Waals surface area (Å²) < 4.78 is 5.11. The predicted molar refractivity (Wildman–Crippen MR) is 96.9 cm³/mol. The van der Waals surface area contributed by atoms with E-state index in [0.717, 1.165) is 31.2 Å². The fourth-order valence-corrected chi connectivity index (χ4v) is 3.32. The Morgan fingerprint density at radius 2 is 1.92 bits per heavy atom. The number of hydrogen-bond acceptors (Lipinski definition) is 4. The van der Waals surface area contributed by atoms with Crippen molar-refractivity contribution in [2.24, 2.45) is 0 Å². The van der Waals surface area contributed by atoms with Gasteiger partial charge in [-0.05, 0) is 36.0 Å². The molecule has 25 heavy (non-hydrogen) atoms. The molecule has 0 aliphatic heterocycles. The van der Waals surface area contributed by atoms with E-state index < -0.39 is 5.54 Å². The molecule has 0 bridgehead atoms. The van der Waals surface area contributed by atoms with Crippen LogP contribution >= 0.6 is 0 Å². The van der Waals surface area contributed by atoms with E-state index in [1.54, 1.807) is 13.0 Å². The number of rotatable bonds is 5. The van der Waals surface area contributed by atoms with E-state index in [4.69, 9.17) is 4.52 Å². The Hall–Kier alpha value is -2.43. The summed E-state index contributed by atoms with van der Waals surface area (Å²) in [5.41, 5.74) is 1.80. The summed E-state index contributed by atoms with van der Waals surface area (Å²) in [5, 5.41) is 7.15. The van der Waals surface area contributed by atoms with Gasteiger partial charge in [-0.25, -0.2) is 0 Å². The maximum atomic E-state index is 12.4. The zero-order chi connectivity index (χ0) is 17.9. The lowest BCUT2D eigenvalue weighted by molar-refractivity contribution is -0.118. The van der Waals surface area contributed by atoms with Crippen molar-refractivity contribution in [3.8, 4) is 0 Å². The van der Waals surface area contributed by atoms with Gasteiger partial charge in [-0.1, -0.05) is 56.1 Å². The zero-order valence-electron chi connectivity index (χ0n) is 15.1. The second kappa shape index (κ2) is 7.21. The number of carbonyl (C=O) groups excluding carboxylic acids is 1. The summed E-state index contributed by atoms with van der Waals surface area (Å²) >= 11 is 0. The van der Waals surface area contributed by atoms with Crippen LogP contribution in [-0.2, 0) is 10.3 Å². The molecular weight excluding hydrogens is 314 g/mol. The molecule has 3 rings (SSSR count). The standard InChI is InChI=1S/C20H25N3O2/c1-14(2)17-9-6-16(7-10-17)8-11-18(24)22-20(12-4-5-13-20)19-21-15(3)25-23-19/h6-11,14H,4-5,12-13H2,1-3H3,(H,22,24)/b11-8+. The van der Waals surface area contributed by atoms with Gasteiger partial charge in [-0.2, -0.15) is 4.98 Å². The first-order valence-corrected chi connectivity index (χ1v) is 8.89. The van der Waals surface area contributed by atoms with Gasteiger partial charge >= 0.3 is 0 Å². The normalized spacial score (nSPS) is 16.6. The maximum absolute atomic E-state index is 12.4. The van der Waals surface area contributed by atoms with Crippen LogP contribution in [0.25, 0.3) is 6.08 Å². The third-order valence-electron chi connectivity index (χ3n) is 4.81. The summed E-state index contributed by atoms with van der Waals surface area (Å²) in [4.78, 5) is 16.8. The first-order chi connectivity index (χ1) is 12.0. The summed E-state index contributed by atoms with van der Waals surface area (Å²) in [6, 6.07) is 8.27. The summed E-state index contributed by atoms with van der Waals surface area (Å²) in [6.07, 6.45) is 7.20. The van der Waals surface area contributed by atoms with E-state index in [1.807, 2.05) is 18.2 Å². The highest BCUT2D eigenvalue weighted by atomic mass is 16.5. The largest absolute Gasteiger partial charge is 0.340 e. The smallest absolute Gasteiger partial charge is 0.244 e. The molecule has 1 fully saturated rings.